The van der Waals surface area contributed by atoms with Crippen LogP contribution < -0.4 is 10.6 Å². The van der Waals surface area contributed by atoms with Crippen LogP contribution in [0.4, 0.5) is 5.13 Å². The molecule has 2 aromatic rings. The highest BCUT2D eigenvalue weighted by molar-refractivity contribution is 7.13. The molecule has 2 amide bonds. The molecule has 7 nitrogen and oxygen atoms in total. The first-order chi connectivity index (χ1) is 12.8. The summed E-state index contributed by atoms with van der Waals surface area (Å²) in [4.78, 5) is 40.7. The minimum Gasteiger partial charge on any atom is -0.454 e. The number of thiazole rings is 1. The van der Waals surface area contributed by atoms with Crippen LogP contribution >= 0.6 is 11.3 Å². The smallest absolute Gasteiger partial charge is 0.329 e. The molecule has 0 aliphatic rings. The van der Waals surface area contributed by atoms with Crippen LogP contribution in [-0.2, 0) is 14.3 Å². The topological polar surface area (TPSA) is 97.4 Å². The molecule has 0 fully saturated rings. The number of ether oxygens (including phenoxy) is 1. The van der Waals surface area contributed by atoms with Crippen molar-refractivity contribution >= 4 is 34.3 Å². The van der Waals surface area contributed by atoms with Crippen molar-refractivity contribution in [1.29, 1.82) is 0 Å². The van der Waals surface area contributed by atoms with E-state index in [9.17, 15) is 14.4 Å². The van der Waals surface area contributed by atoms with Crippen LogP contribution in [0.3, 0.4) is 0 Å². The predicted octanol–water partition coefficient (Wildman–Crippen LogP) is 2.70. The fourth-order valence-corrected chi connectivity index (χ4v) is 3.01. The molecule has 2 N–H and O–H groups in total. The molecule has 0 aliphatic heterocycles. The number of hydrogen-bond donors (Lipinski definition) is 2. The first kappa shape index (κ1) is 20.6. The Hall–Kier alpha value is -2.74. The number of amides is 2. The minimum atomic E-state index is -0.854. The lowest BCUT2D eigenvalue weighted by Gasteiger charge is -2.20. The first-order valence-electron chi connectivity index (χ1n) is 8.52. The highest BCUT2D eigenvalue weighted by Gasteiger charge is 2.26. The Kier molecular flexibility index (Phi) is 7.06. The molecule has 2 rings (SSSR count). The lowest BCUT2D eigenvalue weighted by atomic mass is 10.0. The molecule has 8 heteroatoms. The second kappa shape index (κ2) is 9.27. The number of hydrogen-bond acceptors (Lipinski definition) is 6. The Balaban J connectivity index is 1.92. The van der Waals surface area contributed by atoms with E-state index in [0.717, 1.165) is 11.3 Å². The summed E-state index contributed by atoms with van der Waals surface area (Å²) in [7, 11) is 0. The van der Waals surface area contributed by atoms with Gasteiger partial charge in [0.05, 0.1) is 5.69 Å². The van der Waals surface area contributed by atoms with Crippen molar-refractivity contribution in [2.24, 2.45) is 5.92 Å². The van der Waals surface area contributed by atoms with E-state index in [1.807, 2.05) is 19.9 Å². The van der Waals surface area contributed by atoms with Crippen LogP contribution in [0.2, 0.25) is 0 Å². The summed E-state index contributed by atoms with van der Waals surface area (Å²) in [5, 5.41) is 7.49. The number of anilines is 1. The second-order valence-electron chi connectivity index (χ2n) is 6.51. The summed E-state index contributed by atoms with van der Waals surface area (Å²) in [6.45, 7) is 6.84. The number of aryl methyl sites for hydroxylation is 2. The van der Waals surface area contributed by atoms with Gasteiger partial charge in [-0.1, -0.05) is 31.5 Å². The van der Waals surface area contributed by atoms with Gasteiger partial charge in [-0.3, -0.25) is 14.9 Å². The summed E-state index contributed by atoms with van der Waals surface area (Å²) >= 11 is 1.29. The molecule has 144 valence electrons. The lowest BCUT2D eigenvalue weighted by molar-refractivity contribution is -0.150. The van der Waals surface area contributed by atoms with Crippen LogP contribution in [0.1, 0.15) is 35.5 Å². The van der Waals surface area contributed by atoms with Crippen molar-refractivity contribution in [2.75, 3.05) is 11.9 Å². The second-order valence-corrected chi connectivity index (χ2v) is 7.37. The number of benzene rings is 1. The van der Waals surface area contributed by atoms with E-state index < -0.39 is 24.5 Å². The Morgan fingerprint density at radius 2 is 1.96 bits per heavy atom. The molecule has 1 atom stereocenters. The summed E-state index contributed by atoms with van der Waals surface area (Å²) < 4.78 is 5.08. The summed E-state index contributed by atoms with van der Waals surface area (Å²) in [5.74, 6) is -1.70. The number of esters is 1. The zero-order chi connectivity index (χ0) is 20.0. The van der Waals surface area contributed by atoms with E-state index in [-0.39, 0.29) is 11.8 Å². The molecule has 0 spiro atoms. The van der Waals surface area contributed by atoms with Gasteiger partial charge in [0, 0.05) is 10.9 Å². The van der Waals surface area contributed by atoms with Gasteiger partial charge in [0.25, 0.3) is 11.8 Å². The quantitative estimate of drug-likeness (QED) is 0.710. The van der Waals surface area contributed by atoms with Crippen LogP contribution in [0.5, 0.6) is 0 Å². The zero-order valence-corrected chi connectivity index (χ0v) is 16.6. The lowest BCUT2D eigenvalue weighted by Crippen LogP contribution is -2.45. The average Bonchev–Trinajstić information content (AvgIpc) is 3.01. The summed E-state index contributed by atoms with van der Waals surface area (Å²) in [6, 6.07) is 6.22. The zero-order valence-electron chi connectivity index (χ0n) is 15.7. The van der Waals surface area contributed by atoms with Crippen molar-refractivity contribution in [3.05, 3.63) is 46.5 Å². The van der Waals surface area contributed by atoms with E-state index in [2.05, 4.69) is 15.6 Å². The van der Waals surface area contributed by atoms with Gasteiger partial charge in [0.15, 0.2) is 11.7 Å². The van der Waals surface area contributed by atoms with Gasteiger partial charge in [-0.05, 0) is 31.9 Å². The van der Waals surface area contributed by atoms with Gasteiger partial charge in [0.2, 0.25) is 0 Å². The normalized spacial score (nSPS) is 11.7. The van der Waals surface area contributed by atoms with Gasteiger partial charge >= 0.3 is 5.97 Å². The number of nitrogens with zero attached hydrogens (tertiary/aromatic N) is 1. The number of carbonyl (C=O) groups excluding carboxylic acids is 3. The summed E-state index contributed by atoms with van der Waals surface area (Å²) in [5.41, 5.74) is 2.21. The Morgan fingerprint density at radius 1 is 1.22 bits per heavy atom. The predicted molar refractivity (Wildman–Crippen MR) is 104 cm³/mol. The Bertz CT molecular complexity index is 832. The third kappa shape index (κ3) is 6.18. The maximum Gasteiger partial charge on any atom is 0.329 e. The molecule has 0 saturated carbocycles. The van der Waals surface area contributed by atoms with Crippen LogP contribution in [0.25, 0.3) is 0 Å². The molecular weight excluding hydrogens is 366 g/mol. The monoisotopic (exact) mass is 389 g/mol. The third-order valence-electron chi connectivity index (χ3n) is 3.70. The number of rotatable bonds is 7. The molecule has 0 aliphatic carbocycles. The van der Waals surface area contributed by atoms with Gasteiger partial charge < -0.3 is 10.1 Å². The van der Waals surface area contributed by atoms with E-state index in [1.165, 1.54) is 11.3 Å². The third-order valence-corrected chi connectivity index (χ3v) is 4.57. The highest BCUT2D eigenvalue weighted by Crippen LogP contribution is 2.14. The van der Waals surface area contributed by atoms with Crippen molar-refractivity contribution in [2.45, 2.75) is 33.7 Å². The molecule has 0 unspecified atom stereocenters. The molecule has 1 aromatic carbocycles. The maximum absolute atomic E-state index is 12.4. The number of nitrogens with one attached hydrogen (secondary N) is 2. The fraction of sp³-hybridized carbons (Fsp3) is 0.368. The molecule has 27 heavy (non-hydrogen) atoms. The molecule has 0 saturated heterocycles. The maximum atomic E-state index is 12.4. The Morgan fingerprint density at radius 3 is 2.56 bits per heavy atom. The first-order valence-corrected chi connectivity index (χ1v) is 9.40. The largest absolute Gasteiger partial charge is 0.454 e. The van der Waals surface area contributed by atoms with E-state index in [0.29, 0.717) is 10.7 Å². The van der Waals surface area contributed by atoms with Gasteiger partial charge in [-0.25, -0.2) is 9.78 Å². The molecule has 0 radical (unpaired) electrons. The van der Waals surface area contributed by atoms with E-state index in [4.69, 9.17) is 4.74 Å². The highest BCUT2D eigenvalue weighted by atomic mass is 32.1. The molecule has 1 aromatic heterocycles. The number of aromatic nitrogens is 1. The molecular formula is C19H23N3O4S. The van der Waals surface area contributed by atoms with Gasteiger partial charge in [-0.2, -0.15) is 0 Å². The average molecular weight is 389 g/mol. The Labute approximate surface area is 162 Å². The van der Waals surface area contributed by atoms with Crippen molar-refractivity contribution in [1.82, 2.24) is 10.3 Å². The minimum absolute atomic E-state index is 0.198. The van der Waals surface area contributed by atoms with Crippen molar-refractivity contribution in [3.8, 4) is 0 Å². The van der Waals surface area contributed by atoms with Crippen LogP contribution in [-0.4, -0.2) is 35.4 Å². The molecule has 1 heterocycles. The van der Waals surface area contributed by atoms with Crippen LogP contribution in [0, 0.1) is 19.8 Å². The van der Waals surface area contributed by atoms with E-state index >= 15 is 0 Å². The SMILES string of the molecule is Cc1cccc(C(=O)N[C@H](C(=O)OCC(=O)Nc2nc(C)cs2)C(C)C)c1. The van der Waals surface area contributed by atoms with Gasteiger partial charge in [0.1, 0.15) is 6.04 Å². The summed E-state index contributed by atoms with van der Waals surface area (Å²) in [6.07, 6.45) is 0. The number of carbonyl (C=O) groups is 3. The van der Waals surface area contributed by atoms with Gasteiger partial charge in [-0.15, -0.1) is 11.3 Å². The fourth-order valence-electron chi connectivity index (χ4n) is 2.30. The van der Waals surface area contributed by atoms with E-state index in [1.54, 1.807) is 37.4 Å². The van der Waals surface area contributed by atoms with Crippen molar-refractivity contribution in [3.63, 3.8) is 0 Å². The standard InChI is InChI=1S/C19H23N3O4S/c1-11(2)16(22-17(24)14-7-5-6-12(3)8-14)18(25)26-9-15(23)21-19-20-13(4)10-27-19/h5-8,10-11,16H,9H2,1-4H3,(H,22,24)(H,20,21,23)/t16-/m0/s1. The van der Waals surface area contributed by atoms with Crippen LogP contribution in [0.15, 0.2) is 29.6 Å². The van der Waals surface area contributed by atoms with Crippen molar-refractivity contribution < 1.29 is 19.1 Å². The molecule has 0 bridgehead atoms.